The number of urea groups is 1. The number of aliphatic hydroxyl groups is 1. The van der Waals surface area contributed by atoms with Crippen LogP contribution in [0.15, 0.2) is 16.7 Å². The Hall–Kier alpha value is -2.55. The third-order valence-electron chi connectivity index (χ3n) is 4.04. The zero-order valence-electron chi connectivity index (χ0n) is 14.7. The third kappa shape index (κ3) is 3.76. The molecule has 2 aromatic heterocycles. The first-order chi connectivity index (χ1) is 11.7. The van der Waals surface area contributed by atoms with Gasteiger partial charge in [-0.3, -0.25) is 5.32 Å². The number of β-amino-alcohol motifs (C(OH)–C–C–N with tert-alkyl or cyclic N) is 1. The molecule has 1 aliphatic heterocycles. The molecule has 0 unspecified atom stereocenters. The monoisotopic (exact) mass is 346 g/mol. The van der Waals surface area contributed by atoms with E-state index in [1.165, 1.54) is 4.90 Å². The Bertz CT molecular complexity index is 752. The van der Waals surface area contributed by atoms with Gasteiger partial charge < -0.3 is 14.5 Å². The molecule has 0 aliphatic carbocycles. The summed E-state index contributed by atoms with van der Waals surface area (Å²) in [6.07, 6.45) is -0.290. The van der Waals surface area contributed by atoms with Gasteiger partial charge in [-0.15, -0.1) is 5.10 Å². The van der Waals surface area contributed by atoms with Crippen LogP contribution in [0.1, 0.15) is 50.6 Å². The molecule has 2 N–H and O–H groups in total. The van der Waals surface area contributed by atoms with Gasteiger partial charge in [-0.05, 0) is 19.1 Å². The molecule has 0 radical (unpaired) electrons. The normalized spacial score (nSPS) is 20.8. The second kappa shape index (κ2) is 6.40. The molecular weight excluding hydrogens is 324 g/mol. The predicted octanol–water partition coefficient (Wildman–Crippen LogP) is 1.81. The number of aliphatic hydroxyl groups excluding tert-OH is 1. The van der Waals surface area contributed by atoms with Gasteiger partial charge in [0.1, 0.15) is 6.04 Å². The molecule has 0 aromatic carbocycles. The van der Waals surface area contributed by atoms with Crippen molar-refractivity contribution in [1.29, 1.82) is 0 Å². The highest BCUT2D eigenvalue weighted by molar-refractivity contribution is 5.88. The molecule has 1 saturated heterocycles. The zero-order chi connectivity index (χ0) is 18.2. The summed E-state index contributed by atoms with van der Waals surface area (Å²) in [5.41, 5.74) is 0.719. The van der Waals surface area contributed by atoms with E-state index < -0.39 is 18.2 Å². The van der Waals surface area contributed by atoms with Crippen LogP contribution in [0.5, 0.6) is 0 Å². The number of nitrogens with zero attached hydrogens (tertiary/aromatic N) is 5. The van der Waals surface area contributed by atoms with Crippen LogP contribution in [0, 0.1) is 6.92 Å². The first-order valence-electron chi connectivity index (χ1n) is 8.14. The molecule has 0 spiro atoms. The van der Waals surface area contributed by atoms with Gasteiger partial charge in [0.25, 0.3) is 0 Å². The Morgan fingerprint density at radius 1 is 1.36 bits per heavy atom. The molecule has 1 aliphatic rings. The lowest BCUT2D eigenvalue weighted by atomic mass is 9.92. The maximum Gasteiger partial charge on any atom is 0.323 e. The maximum atomic E-state index is 12.6. The smallest absolute Gasteiger partial charge is 0.323 e. The molecule has 134 valence electrons. The molecule has 0 bridgehead atoms. The third-order valence-corrected chi connectivity index (χ3v) is 4.04. The summed E-state index contributed by atoms with van der Waals surface area (Å²) < 4.78 is 5.16. The minimum absolute atomic E-state index is 0.116. The van der Waals surface area contributed by atoms with Crippen molar-refractivity contribution < 1.29 is 14.4 Å². The van der Waals surface area contributed by atoms with Gasteiger partial charge in [-0.1, -0.05) is 25.9 Å². The average molecular weight is 346 g/mol. The van der Waals surface area contributed by atoms with E-state index in [2.05, 4.69) is 25.7 Å². The molecule has 2 amide bonds. The summed E-state index contributed by atoms with van der Waals surface area (Å²) in [5, 5.41) is 24.6. The number of anilines is 1. The lowest BCUT2D eigenvalue weighted by Gasteiger charge is -2.22. The summed E-state index contributed by atoms with van der Waals surface area (Å²) in [6.45, 7) is 8.01. The zero-order valence-corrected chi connectivity index (χ0v) is 14.7. The number of aryl methyl sites for hydroxylation is 1. The van der Waals surface area contributed by atoms with Gasteiger partial charge in [0, 0.05) is 18.4 Å². The number of rotatable bonds is 2. The van der Waals surface area contributed by atoms with E-state index in [4.69, 9.17) is 4.52 Å². The van der Waals surface area contributed by atoms with Gasteiger partial charge in [0.15, 0.2) is 11.6 Å². The highest BCUT2D eigenvalue weighted by atomic mass is 16.5. The molecule has 2 aromatic rings. The van der Waals surface area contributed by atoms with Crippen LogP contribution >= 0.6 is 0 Å². The number of hydrogen-bond donors (Lipinski definition) is 2. The molecule has 25 heavy (non-hydrogen) atoms. The Labute approximate surface area is 145 Å². The Morgan fingerprint density at radius 2 is 2.12 bits per heavy atom. The summed E-state index contributed by atoms with van der Waals surface area (Å²) >= 11 is 0. The average Bonchev–Trinajstić information content (AvgIpc) is 3.12. The van der Waals surface area contributed by atoms with E-state index in [-0.39, 0.29) is 12.0 Å². The fourth-order valence-electron chi connectivity index (χ4n) is 2.70. The van der Waals surface area contributed by atoms with E-state index in [0.717, 1.165) is 5.69 Å². The molecular formula is C16H22N6O3. The van der Waals surface area contributed by atoms with Gasteiger partial charge in [-0.25, -0.2) is 4.79 Å². The second-order valence-corrected chi connectivity index (χ2v) is 7.22. The van der Waals surface area contributed by atoms with Gasteiger partial charge >= 0.3 is 6.03 Å². The van der Waals surface area contributed by atoms with Crippen LogP contribution in [0.25, 0.3) is 0 Å². The molecule has 0 saturated carbocycles. The second-order valence-electron chi connectivity index (χ2n) is 7.22. The lowest BCUT2D eigenvalue weighted by molar-refractivity contribution is 0.174. The van der Waals surface area contributed by atoms with Crippen molar-refractivity contribution in [2.45, 2.75) is 51.7 Å². The standard InChI is InChI=1S/C16H22N6O3/c1-9-17-14(25-21-9)11-7-10(23)8-22(11)15(24)18-13-6-5-12(19-20-13)16(2,3)4/h5-6,10-11,23H,7-8H2,1-4H3,(H,18,20,24)/t10-,11-/m1/s1. The number of carbonyl (C=O) groups is 1. The predicted molar refractivity (Wildman–Crippen MR) is 88.9 cm³/mol. The maximum absolute atomic E-state index is 12.6. The van der Waals surface area contributed by atoms with Crippen LogP contribution in [-0.4, -0.2) is 49.0 Å². The summed E-state index contributed by atoms with van der Waals surface area (Å²) in [6, 6.07) is 2.69. The lowest BCUT2D eigenvalue weighted by Crippen LogP contribution is -2.36. The van der Waals surface area contributed by atoms with Crippen molar-refractivity contribution in [3.63, 3.8) is 0 Å². The van der Waals surface area contributed by atoms with Crippen LogP contribution < -0.4 is 5.32 Å². The van der Waals surface area contributed by atoms with Gasteiger partial charge in [-0.2, -0.15) is 10.1 Å². The Balaban J connectivity index is 1.73. The minimum atomic E-state index is -0.641. The number of aromatic nitrogens is 4. The number of carbonyl (C=O) groups excluding carboxylic acids is 1. The topological polar surface area (TPSA) is 117 Å². The number of hydrogen-bond acceptors (Lipinski definition) is 7. The highest BCUT2D eigenvalue weighted by Crippen LogP contribution is 2.31. The van der Waals surface area contributed by atoms with Crippen molar-refractivity contribution in [2.24, 2.45) is 0 Å². The van der Waals surface area contributed by atoms with Gasteiger partial charge in [0.05, 0.1) is 11.8 Å². The summed E-state index contributed by atoms with van der Waals surface area (Å²) in [7, 11) is 0. The van der Waals surface area contributed by atoms with Crippen LogP contribution in [0.4, 0.5) is 10.6 Å². The largest absolute Gasteiger partial charge is 0.391 e. The summed E-state index contributed by atoms with van der Waals surface area (Å²) in [4.78, 5) is 18.2. The van der Waals surface area contributed by atoms with Crippen LogP contribution in [0.2, 0.25) is 0 Å². The number of likely N-dealkylation sites (tertiary alicyclic amines) is 1. The molecule has 9 heteroatoms. The fourth-order valence-corrected chi connectivity index (χ4v) is 2.70. The van der Waals surface area contributed by atoms with Crippen molar-refractivity contribution >= 4 is 11.8 Å². The quantitative estimate of drug-likeness (QED) is 0.851. The molecule has 2 atom stereocenters. The van der Waals surface area contributed by atoms with Crippen molar-refractivity contribution in [1.82, 2.24) is 25.2 Å². The van der Waals surface area contributed by atoms with E-state index >= 15 is 0 Å². The SMILES string of the molecule is Cc1noc([C@H]2C[C@@H](O)CN2C(=O)Nc2ccc(C(C)(C)C)nn2)n1. The van der Waals surface area contributed by atoms with Crippen molar-refractivity contribution in [2.75, 3.05) is 11.9 Å². The number of amides is 2. The molecule has 9 nitrogen and oxygen atoms in total. The van der Waals surface area contributed by atoms with Crippen LogP contribution in [-0.2, 0) is 5.41 Å². The van der Waals surface area contributed by atoms with E-state index in [1.54, 1.807) is 13.0 Å². The molecule has 1 fully saturated rings. The Morgan fingerprint density at radius 3 is 2.68 bits per heavy atom. The fraction of sp³-hybridized carbons (Fsp3) is 0.562. The van der Waals surface area contributed by atoms with E-state index in [1.807, 2.05) is 26.8 Å². The first-order valence-corrected chi connectivity index (χ1v) is 8.14. The minimum Gasteiger partial charge on any atom is -0.391 e. The van der Waals surface area contributed by atoms with E-state index in [9.17, 15) is 9.90 Å². The van der Waals surface area contributed by atoms with Crippen LogP contribution in [0.3, 0.4) is 0 Å². The molecule has 3 heterocycles. The highest BCUT2D eigenvalue weighted by Gasteiger charge is 2.39. The number of nitrogens with one attached hydrogen (secondary N) is 1. The Kier molecular flexibility index (Phi) is 4.42. The van der Waals surface area contributed by atoms with Gasteiger partial charge in [0.2, 0.25) is 5.89 Å². The van der Waals surface area contributed by atoms with Crippen molar-refractivity contribution in [3.8, 4) is 0 Å². The first kappa shape index (κ1) is 17.3. The molecule has 3 rings (SSSR count). The summed E-state index contributed by atoms with van der Waals surface area (Å²) in [5.74, 6) is 1.15. The van der Waals surface area contributed by atoms with E-state index in [0.29, 0.717) is 24.0 Å². The van der Waals surface area contributed by atoms with Crippen molar-refractivity contribution in [3.05, 3.63) is 29.5 Å².